The zero-order valence-corrected chi connectivity index (χ0v) is 11.2. The van der Waals surface area contributed by atoms with Crippen molar-refractivity contribution in [2.45, 2.75) is 6.61 Å². The molecule has 7 heteroatoms. The van der Waals surface area contributed by atoms with E-state index in [1.807, 2.05) is 18.2 Å². The zero-order valence-electron chi connectivity index (χ0n) is 11.2. The molecule has 3 aromatic rings. The second kappa shape index (κ2) is 5.80. The molecule has 1 amide bonds. The van der Waals surface area contributed by atoms with E-state index in [4.69, 9.17) is 0 Å². The minimum absolute atomic E-state index is 0.0712. The number of benzene rings is 2. The molecule has 1 N–H and O–H groups in total. The number of ether oxygens (including phenoxy) is 1. The monoisotopic (exact) mass is 303 g/mol. The van der Waals surface area contributed by atoms with Gasteiger partial charge in [0.05, 0.1) is 11.0 Å². The summed E-state index contributed by atoms with van der Waals surface area (Å²) in [5, 5.41) is 0. The average molecular weight is 303 g/mol. The van der Waals surface area contributed by atoms with Crippen molar-refractivity contribution in [3.63, 3.8) is 0 Å². The Morgan fingerprint density at radius 3 is 2.82 bits per heavy atom. The van der Waals surface area contributed by atoms with Crippen molar-refractivity contribution in [3.8, 4) is 5.75 Å². The number of alkyl halides is 2. The molecule has 0 aliphatic carbocycles. The molecule has 0 aliphatic rings. The summed E-state index contributed by atoms with van der Waals surface area (Å²) in [6, 6.07) is 12.9. The normalized spacial score (nSPS) is 10.9. The molecule has 0 aliphatic heterocycles. The van der Waals surface area contributed by atoms with Gasteiger partial charge in [-0.3, -0.25) is 10.2 Å². The minimum Gasteiger partial charge on any atom is -0.435 e. The molecule has 0 spiro atoms. The highest BCUT2D eigenvalue weighted by Gasteiger charge is 2.11. The quantitative estimate of drug-likeness (QED) is 0.806. The smallest absolute Gasteiger partial charge is 0.387 e. The first-order valence-electron chi connectivity index (χ1n) is 6.42. The van der Waals surface area contributed by atoms with Crippen LogP contribution in [-0.2, 0) is 0 Å². The molecule has 0 atom stereocenters. The fraction of sp³-hybridized carbons (Fsp3) is 0.0667. The molecule has 1 aromatic heterocycles. The third kappa shape index (κ3) is 2.88. The van der Waals surface area contributed by atoms with E-state index >= 15 is 0 Å². The number of imidazole rings is 1. The van der Waals surface area contributed by atoms with Gasteiger partial charge < -0.3 is 4.74 Å². The molecular formula is C15H11F2N3O2. The number of para-hydroxylation sites is 2. The average Bonchev–Trinajstić information content (AvgIpc) is 2.90. The molecule has 0 radical (unpaired) electrons. The van der Waals surface area contributed by atoms with E-state index in [1.165, 1.54) is 35.3 Å². The van der Waals surface area contributed by atoms with Crippen molar-refractivity contribution in [1.29, 1.82) is 0 Å². The molecule has 0 unspecified atom stereocenters. The van der Waals surface area contributed by atoms with Gasteiger partial charge in [-0.2, -0.15) is 8.78 Å². The standard InChI is InChI=1S/C15H11F2N3O2/c16-15(17)22-11-5-3-4-10(8-11)14(21)19-20-9-18-12-6-1-2-7-13(12)20/h1-9,15H,(H,19,21). The first-order valence-corrected chi connectivity index (χ1v) is 6.42. The number of nitrogens with zero attached hydrogens (tertiary/aromatic N) is 2. The van der Waals surface area contributed by atoms with Crippen LogP contribution >= 0.6 is 0 Å². The Morgan fingerprint density at radius 1 is 1.18 bits per heavy atom. The van der Waals surface area contributed by atoms with E-state index in [0.29, 0.717) is 0 Å². The van der Waals surface area contributed by atoms with Gasteiger partial charge in [-0.05, 0) is 30.3 Å². The number of aromatic nitrogens is 2. The Kier molecular flexibility index (Phi) is 3.69. The predicted molar refractivity (Wildman–Crippen MR) is 76.5 cm³/mol. The first-order chi connectivity index (χ1) is 10.6. The lowest BCUT2D eigenvalue weighted by molar-refractivity contribution is -0.0498. The molecule has 5 nitrogen and oxygen atoms in total. The summed E-state index contributed by atoms with van der Waals surface area (Å²) < 4.78 is 30.1. The third-order valence-electron chi connectivity index (χ3n) is 3.00. The Balaban J connectivity index is 1.82. The lowest BCUT2D eigenvalue weighted by Gasteiger charge is -2.09. The van der Waals surface area contributed by atoms with Gasteiger partial charge in [-0.15, -0.1) is 0 Å². The molecule has 1 heterocycles. The van der Waals surface area contributed by atoms with Crippen LogP contribution in [0, 0.1) is 0 Å². The number of rotatable bonds is 4. The van der Waals surface area contributed by atoms with E-state index in [2.05, 4.69) is 15.1 Å². The molecule has 112 valence electrons. The van der Waals surface area contributed by atoms with E-state index in [1.54, 1.807) is 6.07 Å². The number of halogens is 2. The zero-order chi connectivity index (χ0) is 15.5. The van der Waals surface area contributed by atoms with Crippen molar-refractivity contribution < 1.29 is 18.3 Å². The summed E-state index contributed by atoms with van der Waals surface area (Å²) in [6.07, 6.45) is 1.47. The van der Waals surface area contributed by atoms with E-state index in [0.717, 1.165) is 11.0 Å². The number of hydrogen-bond acceptors (Lipinski definition) is 3. The Morgan fingerprint density at radius 2 is 2.00 bits per heavy atom. The molecule has 0 saturated carbocycles. The molecule has 0 bridgehead atoms. The highest BCUT2D eigenvalue weighted by Crippen LogP contribution is 2.16. The second-order valence-corrected chi connectivity index (χ2v) is 4.45. The fourth-order valence-electron chi connectivity index (χ4n) is 2.04. The van der Waals surface area contributed by atoms with Gasteiger partial charge in [-0.1, -0.05) is 18.2 Å². The first kappa shape index (κ1) is 14.0. The van der Waals surface area contributed by atoms with E-state index < -0.39 is 12.5 Å². The number of fused-ring (bicyclic) bond motifs is 1. The molecule has 0 fully saturated rings. The number of carbonyl (C=O) groups excluding carboxylic acids is 1. The SMILES string of the molecule is O=C(Nn1cnc2ccccc21)c1cccc(OC(F)F)c1. The summed E-state index contributed by atoms with van der Waals surface area (Å²) in [7, 11) is 0. The lowest BCUT2D eigenvalue weighted by Crippen LogP contribution is -2.22. The van der Waals surface area contributed by atoms with Gasteiger partial charge in [0.15, 0.2) is 0 Å². The van der Waals surface area contributed by atoms with E-state index in [-0.39, 0.29) is 11.3 Å². The van der Waals surface area contributed by atoms with Crippen LogP contribution in [0.3, 0.4) is 0 Å². The van der Waals surface area contributed by atoms with Gasteiger partial charge in [-0.25, -0.2) is 9.66 Å². The maximum atomic E-state index is 12.2. The number of nitrogens with one attached hydrogen (secondary N) is 1. The minimum atomic E-state index is -2.93. The fourth-order valence-corrected chi connectivity index (χ4v) is 2.04. The van der Waals surface area contributed by atoms with Crippen LogP contribution in [-0.4, -0.2) is 22.2 Å². The van der Waals surface area contributed by atoms with Gasteiger partial charge in [0, 0.05) is 5.56 Å². The molecule has 22 heavy (non-hydrogen) atoms. The van der Waals surface area contributed by atoms with Gasteiger partial charge in [0.2, 0.25) is 0 Å². The highest BCUT2D eigenvalue weighted by atomic mass is 19.3. The van der Waals surface area contributed by atoms with Crippen LogP contribution in [0.25, 0.3) is 11.0 Å². The summed E-state index contributed by atoms with van der Waals surface area (Å²) >= 11 is 0. The molecular weight excluding hydrogens is 292 g/mol. The third-order valence-corrected chi connectivity index (χ3v) is 3.00. The molecule has 0 saturated heterocycles. The summed E-state index contributed by atoms with van der Waals surface area (Å²) in [5.74, 6) is -0.527. The van der Waals surface area contributed by atoms with Crippen LogP contribution in [0.5, 0.6) is 5.75 Å². The van der Waals surface area contributed by atoms with Crippen molar-refractivity contribution in [2.75, 3.05) is 5.43 Å². The number of carbonyl (C=O) groups is 1. The number of amides is 1. The van der Waals surface area contributed by atoms with E-state index in [9.17, 15) is 13.6 Å². The topological polar surface area (TPSA) is 56.2 Å². The van der Waals surface area contributed by atoms with Crippen molar-refractivity contribution in [2.24, 2.45) is 0 Å². The van der Waals surface area contributed by atoms with Crippen LogP contribution in [0.15, 0.2) is 54.9 Å². The van der Waals surface area contributed by atoms with Crippen molar-refractivity contribution in [1.82, 2.24) is 9.66 Å². The maximum Gasteiger partial charge on any atom is 0.387 e. The maximum absolute atomic E-state index is 12.2. The summed E-state index contributed by atoms with van der Waals surface area (Å²) in [6.45, 7) is -2.93. The van der Waals surface area contributed by atoms with Crippen LogP contribution in [0.1, 0.15) is 10.4 Å². The van der Waals surface area contributed by atoms with Crippen LogP contribution < -0.4 is 10.2 Å². The Bertz CT molecular complexity index is 817. The Hall–Kier alpha value is -2.96. The summed E-state index contributed by atoms with van der Waals surface area (Å²) in [4.78, 5) is 16.3. The van der Waals surface area contributed by atoms with Gasteiger partial charge >= 0.3 is 6.61 Å². The Labute approximate surface area is 124 Å². The van der Waals surface area contributed by atoms with Crippen molar-refractivity contribution in [3.05, 3.63) is 60.4 Å². The van der Waals surface area contributed by atoms with Crippen LogP contribution in [0.2, 0.25) is 0 Å². The van der Waals surface area contributed by atoms with Crippen molar-refractivity contribution >= 4 is 16.9 Å². The molecule has 3 rings (SSSR count). The highest BCUT2D eigenvalue weighted by molar-refractivity contribution is 6.01. The van der Waals surface area contributed by atoms with Gasteiger partial charge in [0.25, 0.3) is 5.91 Å². The largest absolute Gasteiger partial charge is 0.435 e. The van der Waals surface area contributed by atoms with Gasteiger partial charge in [0.1, 0.15) is 12.1 Å². The molecule has 2 aromatic carbocycles. The van der Waals surface area contributed by atoms with Crippen LogP contribution in [0.4, 0.5) is 8.78 Å². The number of hydrogen-bond donors (Lipinski definition) is 1. The summed E-state index contributed by atoms with van der Waals surface area (Å²) in [5.41, 5.74) is 4.30. The lowest BCUT2D eigenvalue weighted by atomic mass is 10.2. The predicted octanol–water partition coefficient (Wildman–Crippen LogP) is 3.02. The second-order valence-electron chi connectivity index (χ2n) is 4.45.